The molecule has 0 aromatic heterocycles. The molecule has 0 aromatic carbocycles. The van der Waals surface area contributed by atoms with Crippen LogP contribution in [-0.4, -0.2) is 65.9 Å². The first-order valence-corrected chi connectivity index (χ1v) is 12.1. The zero-order chi connectivity index (χ0) is 27.4. The summed E-state index contributed by atoms with van der Waals surface area (Å²) in [6.07, 6.45) is -5.06. The van der Waals surface area contributed by atoms with Crippen LogP contribution in [0, 0.1) is 45.8 Å². The fraction of sp³-hybridized carbons (Fsp3) is 0.792. The van der Waals surface area contributed by atoms with Gasteiger partial charge in [0.15, 0.2) is 0 Å². The van der Waals surface area contributed by atoms with E-state index in [0.717, 1.165) is 0 Å². The first kappa shape index (κ1) is 27.7. The number of carbonyl (C=O) groups is 4. The molecular weight excluding hydrogens is 479 g/mol. The number of amides is 4. The maximum atomic E-state index is 13.5. The molecule has 2 aliphatic heterocycles. The summed E-state index contributed by atoms with van der Waals surface area (Å²) in [5.74, 6) is -4.52. The zero-order valence-electron chi connectivity index (χ0n) is 21.3. The molecule has 3 aliphatic rings. The minimum atomic E-state index is -5.17. The molecular formula is C24H34F3N5O4. The van der Waals surface area contributed by atoms with Crippen molar-refractivity contribution in [3.05, 3.63) is 0 Å². The minimum absolute atomic E-state index is 0.00802. The quantitative estimate of drug-likeness (QED) is 0.493. The standard InChI is InChI=1S/C24H34F3N5O4/c1-11-9-29-18(33)13(11)7-12(8-28)30-19(34)16-15-14(23(15,5)6)10-32(16)20(35)17(22(2,3)4)31-21(36)24(25,26)27/h11-17H,7,9-10H2,1-6H3,(H,29,33)(H,30,34)(H,31,36)/t11-,12-,13+,14-,15-,16-,17+/m0/s1. The fourth-order valence-corrected chi connectivity index (χ4v) is 5.63. The van der Waals surface area contributed by atoms with E-state index in [2.05, 4.69) is 10.6 Å². The van der Waals surface area contributed by atoms with Crippen LogP contribution in [0.5, 0.6) is 0 Å². The normalized spacial score (nSPS) is 30.5. The number of halogens is 3. The summed E-state index contributed by atoms with van der Waals surface area (Å²) in [5.41, 5.74) is -1.34. The van der Waals surface area contributed by atoms with E-state index in [-0.39, 0.29) is 42.0 Å². The van der Waals surface area contributed by atoms with Crippen molar-refractivity contribution < 1.29 is 32.3 Å². The highest BCUT2D eigenvalue weighted by molar-refractivity contribution is 5.95. The van der Waals surface area contributed by atoms with Crippen LogP contribution in [0.1, 0.15) is 48.0 Å². The number of carbonyl (C=O) groups excluding carboxylic acids is 4. The van der Waals surface area contributed by atoms with Crippen molar-refractivity contribution in [1.82, 2.24) is 20.9 Å². The number of nitrogens with one attached hydrogen (secondary N) is 3. The second-order valence-corrected chi connectivity index (χ2v) is 11.9. The van der Waals surface area contributed by atoms with Gasteiger partial charge in [0.1, 0.15) is 18.1 Å². The average molecular weight is 514 g/mol. The number of fused-ring (bicyclic) bond motifs is 1. The highest BCUT2D eigenvalue weighted by Crippen LogP contribution is 2.65. The van der Waals surface area contributed by atoms with Crippen molar-refractivity contribution in [3.8, 4) is 6.07 Å². The lowest BCUT2D eigenvalue weighted by Gasteiger charge is -2.37. The lowest BCUT2D eigenvalue weighted by atomic mass is 9.85. The number of hydrogen-bond acceptors (Lipinski definition) is 5. The fourth-order valence-electron chi connectivity index (χ4n) is 5.63. The van der Waals surface area contributed by atoms with Gasteiger partial charge in [-0.25, -0.2) is 0 Å². The van der Waals surface area contributed by atoms with E-state index in [9.17, 15) is 37.6 Å². The van der Waals surface area contributed by atoms with Gasteiger partial charge in [-0.05, 0) is 35.0 Å². The molecule has 3 N–H and O–H groups in total. The number of nitriles is 1. The van der Waals surface area contributed by atoms with Crippen LogP contribution in [0.25, 0.3) is 0 Å². The Hall–Kier alpha value is -2.84. The Labute approximate surface area is 208 Å². The van der Waals surface area contributed by atoms with Crippen molar-refractivity contribution in [2.75, 3.05) is 13.1 Å². The number of nitrogens with zero attached hydrogens (tertiary/aromatic N) is 2. The zero-order valence-corrected chi connectivity index (χ0v) is 21.3. The van der Waals surface area contributed by atoms with Crippen LogP contribution in [0.15, 0.2) is 0 Å². The molecule has 2 saturated heterocycles. The van der Waals surface area contributed by atoms with E-state index in [1.807, 2.05) is 32.2 Å². The van der Waals surface area contributed by atoms with Gasteiger partial charge >= 0.3 is 12.1 Å². The molecule has 1 saturated carbocycles. The van der Waals surface area contributed by atoms with Gasteiger partial charge in [0, 0.05) is 19.0 Å². The van der Waals surface area contributed by atoms with Crippen LogP contribution < -0.4 is 16.0 Å². The molecule has 1 aliphatic carbocycles. The predicted octanol–water partition coefficient (Wildman–Crippen LogP) is 1.34. The Morgan fingerprint density at radius 1 is 1.22 bits per heavy atom. The Balaban J connectivity index is 1.81. The molecule has 7 atom stereocenters. The summed E-state index contributed by atoms with van der Waals surface area (Å²) in [4.78, 5) is 51.9. The Morgan fingerprint density at radius 2 is 1.83 bits per heavy atom. The summed E-state index contributed by atoms with van der Waals surface area (Å²) in [5, 5.41) is 16.8. The van der Waals surface area contributed by atoms with Crippen LogP contribution in [0.2, 0.25) is 0 Å². The van der Waals surface area contributed by atoms with Gasteiger partial charge in [0.2, 0.25) is 17.7 Å². The smallest absolute Gasteiger partial charge is 0.356 e. The van der Waals surface area contributed by atoms with Crippen LogP contribution >= 0.6 is 0 Å². The lowest BCUT2D eigenvalue weighted by Crippen LogP contribution is -2.61. The summed E-state index contributed by atoms with van der Waals surface area (Å²) in [7, 11) is 0. The second-order valence-electron chi connectivity index (χ2n) is 11.9. The molecule has 0 spiro atoms. The molecule has 3 rings (SSSR count). The average Bonchev–Trinajstić information content (AvgIpc) is 3.07. The lowest BCUT2D eigenvalue weighted by molar-refractivity contribution is -0.176. The summed E-state index contributed by atoms with van der Waals surface area (Å²) in [6.45, 7) is 11.0. The highest BCUT2D eigenvalue weighted by Gasteiger charge is 2.70. The maximum Gasteiger partial charge on any atom is 0.471 e. The maximum absolute atomic E-state index is 13.5. The van der Waals surface area contributed by atoms with Gasteiger partial charge in [0.05, 0.1) is 6.07 Å². The van der Waals surface area contributed by atoms with Crippen LogP contribution in [0.4, 0.5) is 13.2 Å². The third-order valence-corrected chi connectivity index (χ3v) is 7.99. The van der Waals surface area contributed by atoms with E-state index in [0.29, 0.717) is 6.54 Å². The van der Waals surface area contributed by atoms with Crippen molar-refractivity contribution in [2.45, 2.75) is 72.3 Å². The molecule has 12 heteroatoms. The third-order valence-electron chi connectivity index (χ3n) is 7.99. The van der Waals surface area contributed by atoms with Crippen molar-refractivity contribution in [1.29, 1.82) is 5.26 Å². The molecule has 0 radical (unpaired) electrons. The summed E-state index contributed by atoms with van der Waals surface area (Å²) < 4.78 is 38.9. The topological polar surface area (TPSA) is 131 Å². The molecule has 36 heavy (non-hydrogen) atoms. The molecule has 3 fully saturated rings. The van der Waals surface area contributed by atoms with Crippen LogP contribution in [-0.2, 0) is 19.2 Å². The molecule has 2 heterocycles. The SMILES string of the molecule is C[C@H]1CNC(=O)[C@@H]1C[C@@H](C#N)NC(=O)[C@@H]1[C@@H]2[C@H](CN1C(=O)[C@@H](NC(=O)C(F)(F)F)C(C)(C)C)C2(C)C. The van der Waals surface area contributed by atoms with Gasteiger partial charge in [-0.15, -0.1) is 0 Å². The van der Waals surface area contributed by atoms with E-state index < -0.39 is 53.4 Å². The Bertz CT molecular complexity index is 984. The van der Waals surface area contributed by atoms with Gasteiger partial charge in [-0.1, -0.05) is 41.5 Å². The van der Waals surface area contributed by atoms with E-state index in [1.165, 1.54) is 25.7 Å². The molecule has 4 amide bonds. The van der Waals surface area contributed by atoms with Gasteiger partial charge in [-0.3, -0.25) is 19.2 Å². The van der Waals surface area contributed by atoms with E-state index in [4.69, 9.17) is 0 Å². The monoisotopic (exact) mass is 513 g/mol. The number of hydrogen-bond donors (Lipinski definition) is 3. The summed E-state index contributed by atoms with van der Waals surface area (Å²) in [6, 6.07) is -1.49. The first-order valence-electron chi connectivity index (χ1n) is 12.1. The van der Waals surface area contributed by atoms with Crippen LogP contribution in [0.3, 0.4) is 0 Å². The third kappa shape index (κ3) is 5.15. The van der Waals surface area contributed by atoms with E-state index in [1.54, 1.807) is 0 Å². The van der Waals surface area contributed by atoms with Gasteiger partial charge < -0.3 is 20.9 Å². The van der Waals surface area contributed by atoms with Crippen molar-refractivity contribution in [3.63, 3.8) is 0 Å². The predicted molar refractivity (Wildman–Crippen MR) is 122 cm³/mol. The molecule has 0 unspecified atom stereocenters. The number of rotatable bonds is 6. The molecule has 9 nitrogen and oxygen atoms in total. The van der Waals surface area contributed by atoms with Crippen molar-refractivity contribution in [2.24, 2.45) is 34.5 Å². The Kier molecular flexibility index (Phi) is 7.11. The van der Waals surface area contributed by atoms with E-state index >= 15 is 0 Å². The molecule has 200 valence electrons. The second kappa shape index (κ2) is 9.23. The van der Waals surface area contributed by atoms with Crippen molar-refractivity contribution >= 4 is 23.6 Å². The summed E-state index contributed by atoms with van der Waals surface area (Å²) >= 11 is 0. The van der Waals surface area contributed by atoms with Gasteiger partial charge in [0.25, 0.3) is 0 Å². The Morgan fingerprint density at radius 3 is 2.31 bits per heavy atom. The number of piperidine rings is 1. The highest BCUT2D eigenvalue weighted by atomic mass is 19.4. The number of likely N-dealkylation sites (tertiary alicyclic amines) is 1. The first-order chi connectivity index (χ1) is 16.4. The molecule has 0 bridgehead atoms. The minimum Gasteiger partial charge on any atom is -0.356 e. The largest absolute Gasteiger partial charge is 0.471 e. The number of alkyl halides is 3. The van der Waals surface area contributed by atoms with Gasteiger partial charge in [-0.2, -0.15) is 18.4 Å². The molecule has 0 aromatic rings.